The van der Waals surface area contributed by atoms with Crippen LogP contribution in [0.1, 0.15) is 13.8 Å². The largest absolute Gasteiger partial charge is 0.298 e. The number of hydrogen-bond donors (Lipinski definition) is 0. The van der Waals surface area contributed by atoms with Gasteiger partial charge in [-0.25, -0.2) is 0 Å². The van der Waals surface area contributed by atoms with Gasteiger partial charge in [0.1, 0.15) is 10.4 Å². The van der Waals surface area contributed by atoms with Crippen LogP contribution in [0.25, 0.3) is 10.2 Å². The van der Waals surface area contributed by atoms with Crippen LogP contribution in [-0.4, -0.2) is 24.6 Å². The van der Waals surface area contributed by atoms with Gasteiger partial charge in [-0.1, -0.05) is 29.9 Å². The topological polar surface area (TPSA) is 69.2 Å². The summed E-state index contributed by atoms with van der Waals surface area (Å²) in [6.45, 7) is 3.86. The Morgan fingerprint density at radius 2 is 2.17 bits per heavy atom. The zero-order valence-corrected chi connectivity index (χ0v) is 12.1. The molecule has 18 heavy (non-hydrogen) atoms. The van der Waals surface area contributed by atoms with Gasteiger partial charge in [-0.15, -0.1) is 5.10 Å². The number of fused-ring (bicyclic) bond motifs is 1. The fourth-order valence-corrected chi connectivity index (χ4v) is 3.63. The molecule has 0 fully saturated rings. The lowest BCUT2D eigenvalue weighted by molar-refractivity contribution is 0.275. The molecule has 5 nitrogen and oxygen atoms in total. The van der Waals surface area contributed by atoms with Gasteiger partial charge in [0.05, 0.1) is 16.3 Å². The third-order valence-corrected chi connectivity index (χ3v) is 4.85. The highest BCUT2D eigenvalue weighted by atomic mass is 35.5. The van der Waals surface area contributed by atoms with E-state index in [1.54, 1.807) is 6.07 Å². The molecule has 2 rings (SSSR count). The van der Waals surface area contributed by atoms with Crippen molar-refractivity contribution < 1.29 is 12.6 Å². The third-order valence-electron chi connectivity index (χ3n) is 2.15. The van der Waals surface area contributed by atoms with Crippen LogP contribution in [0.4, 0.5) is 0 Å². The van der Waals surface area contributed by atoms with E-state index in [0.29, 0.717) is 10.2 Å². The third kappa shape index (κ3) is 2.64. The van der Waals surface area contributed by atoms with Gasteiger partial charge < -0.3 is 0 Å². The molecule has 0 N–H and O–H groups in total. The molecular weight excluding hydrogens is 296 g/mol. The molecule has 0 saturated heterocycles. The van der Waals surface area contributed by atoms with Crippen molar-refractivity contribution in [1.29, 1.82) is 0 Å². The summed E-state index contributed by atoms with van der Waals surface area (Å²) in [5, 5.41) is 3.94. The zero-order chi connectivity index (χ0) is 13.3. The van der Waals surface area contributed by atoms with Crippen molar-refractivity contribution in [1.82, 2.24) is 9.59 Å². The molecule has 0 bridgehead atoms. The van der Waals surface area contributed by atoms with Crippen molar-refractivity contribution in [2.24, 2.45) is 5.92 Å². The van der Waals surface area contributed by atoms with Crippen LogP contribution in [0.2, 0.25) is 5.02 Å². The molecular formula is C10H11ClN2O3S2. The standard InChI is InChI=1S/C10H11ClN2O3S2/c1-6(2)5-16-18(14,15)8-4-3-7-10(9(8)11)17-13-12-7/h3-4,6H,5H2,1-2H3. The molecule has 0 unspecified atom stereocenters. The maximum atomic E-state index is 12.0. The molecule has 0 radical (unpaired) electrons. The van der Waals surface area contributed by atoms with E-state index in [9.17, 15) is 8.42 Å². The first-order chi connectivity index (χ1) is 8.42. The molecule has 0 atom stereocenters. The second-order valence-electron chi connectivity index (χ2n) is 4.13. The van der Waals surface area contributed by atoms with E-state index in [4.69, 9.17) is 15.8 Å². The van der Waals surface area contributed by atoms with E-state index in [1.807, 2.05) is 13.8 Å². The zero-order valence-electron chi connectivity index (χ0n) is 9.75. The van der Waals surface area contributed by atoms with Gasteiger partial charge in [0, 0.05) is 0 Å². The fraction of sp³-hybridized carbons (Fsp3) is 0.400. The number of hydrogen-bond acceptors (Lipinski definition) is 6. The quantitative estimate of drug-likeness (QED) is 0.812. The number of benzene rings is 1. The van der Waals surface area contributed by atoms with E-state index in [-0.39, 0.29) is 22.4 Å². The number of halogens is 1. The minimum absolute atomic E-state index is 0.0385. The second kappa shape index (κ2) is 5.08. The van der Waals surface area contributed by atoms with Crippen molar-refractivity contribution in [2.75, 3.05) is 6.61 Å². The molecule has 0 aliphatic heterocycles. The monoisotopic (exact) mass is 306 g/mol. The molecule has 98 valence electrons. The Morgan fingerprint density at radius 3 is 2.83 bits per heavy atom. The first kappa shape index (κ1) is 13.7. The molecule has 1 heterocycles. The molecule has 0 aliphatic carbocycles. The average molecular weight is 307 g/mol. The van der Waals surface area contributed by atoms with E-state index >= 15 is 0 Å². The lowest BCUT2D eigenvalue weighted by Gasteiger charge is -2.08. The highest BCUT2D eigenvalue weighted by Gasteiger charge is 2.22. The van der Waals surface area contributed by atoms with Crippen LogP contribution in [0.15, 0.2) is 17.0 Å². The van der Waals surface area contributed by atoms with Crippen LogP contribution in [0, 0.1) is 5.92 Å². The summed E-state index contributed by atoms with van der Waals surface area (Å²) < 4.78 is 33.2. The van der Waals surface area contributed by atoms with Crippen LogP contribution >= 0.6 is 23.1 Å². The summed E-state index contributed by atoms with van der Waals surface area (Å²) in [5.41, 5.74) is 0.577. The molecule has 0 saturated carbocycles. The molecule has 1 aromatic carbocycles. The van der Waals surface area contributed by atoms with Gasteiger partial charge in [-0.2, -0.15) is 8.42 Å². The van der Waals surface area contributed by atoms with Crippen molar-refractivity contribution in [3.63, 3.8) is 0 Å². The lowest BCUT2D eigenvalue weighted by atomic mass is 10.2. The van der Waals surface area contributed by atoms with Gasteiger partial charge in [0.25, 0.3) is 10.1 Å². The Bertz CT molecular complexity index is 667. The number of nitrogens with zero attached hydrogens (tertiary/aromatic N) is 2. The van der Waals surface area contributed by atoms with Crippen molar-refractivity contribution >= 4 is 43.5 Å². The van der Waals surface area contributed by atoms with Crippen LogP contribution in [-0.2, 0) is 14.3 Å². The van der Waals surface area contributed by atoms with E-state index in [1.165, 1.54) is 6.07 Å². The summed E-state index contributed by atoms with van der Waals surface area (Å²) in [4.78, 5) is -0.0385. The maximum Gasteiger partial charge on any atom is 0.298 e. The Morgan fingerprint density at radius 1 is 1.44 bits per heavy atom. The molecule has 0 spiro atoms. The predicted octanol–water partition coefficient (Wildman–Crippen LogP) is 2.71. The Hall–Kier alpha value is -0.760. The first-order valence-electron chi connectivity index (χ1n) is 5.22. The van der Waals surface area contributed by atoms with Crippen molar-refractivity contribution in [3.8, 4) is 0 Å². The molecule has 1 aromatic heterocycles. The predicted molar refractivity (Wildman–Crippen MR) is 70.4 cm³/mol. The van der Waals surface area contributed by atoms with Crippen molar-refractivity contribution in [3.05, 3.63) is 17.2 Å². The van der Waals surface area contributed by atoms with Gasteiger partial charge in [0.2, 0.25) is 0 Å². The summed E-state index contributed by atoms with van der Waals surface area (Å²) in [6.07, 6.45) is 0. The van der Waals surface area contributed by atoms with Gasteiger partial charge >= 0.3 is 0 Å². The second-order valence-corrected chi connectivity index (χ2v) is 6.85. The van der Waals surface area contributed by atoms with E-state index < -0.39 is 10.1 Å². The van der Waals surface area contributed by atoms with E-state index in [0.717, 1.165) is 11.5 Å². The molecule has 0 aliphatic rings. The highest BCUT2D eigenvalue weighted by Crippen LogP contribution is 2.32. The van der Waals surface area contributed by atoms with E-state index in [2.05, 4.69) is 9.59 Å². The number of aromatic nitrogens is 2. The first-order valence-corrected chi connectivity index (χ1v) is 7.78. The molecule has 2 aromatic rings. The minimum Gasteiger partial charge on any atom is -0.266 e. The summed E-state index contributed by atoms with van der Waals surface area (Å²) in [5.74, 6) is 0.118. The molecule has 0 amide bonds. The smallest absolute Gasteiger partial charge is 0.266 e. The average Bonchev–Trinajstić information content (AvgIpc) is 2.75. The van der Waals surface area contributed by atoms with Gasteiger partial charge in [0.15, 0.2) is 0 Å². The van der Waals surface area contributed by atoms with Gasteiger partial charge in [-0.3, -0.25) is 4.18 Å². The maximum absolute atomic E-state index is 12.0. The lowest BCUT2D eigenvalue weighted by Crippen LogP contribution is -2.11. The van der Waals surface area contributed by atoms with Crippen LogP contribution in [0.3, 0.4) is 0 Å². The highest BCUT2D eigenvalue weighted by molar-refractivity contribution is 7.87. The number of rotatable bonds is 4. The summed E-state index contributed by atoms with van der Waals surface area (Å²) in [6, 6.07) is 2.96. The Labute approximate surface area is 114 Å². The van der Waals surface area contributed by atoms with Crippen LogP contribution in [0.5, 0.6) is 0 Å². The normalized spacial score (nSPS) is 12.4. The van der Waals surface area contributed by atoms with Crippen LogP contribution < -0.4 is 0 Å². The van der Waals surface area contributed by atoms with Gasteiger partial charge in [-0.05, 0) is 29.6 Å². The fourth-order valence-electron chi connectivity index (χ4n) is 1.28. The SMILES string of the molecule is CC(C)COS(=O)(=O)c1ccc2nnsc2c1Cl. The van der Waals surface area contributed by atoms with Crippen molar-refractivity contribution in [2.45, 2.75) is 18.7 Å². The summed E-state index contributed by atoms with van der Waals surface area (Å²) >= 11 is 7.11. The Kier molecular flexibility index (Phi) is 3.86. The minimum atomic E-state index is -3.84. The Balaban J connectivity index is 2.44. The summed E-state index contributed by atoms with van der Waals surface area (Å²) in [7, 11) is -3.84. The molecule has 8 heteroatoms.